The zero-order valence-electron chi connectivity index (χ0n) is 20.5. The topological polar surface area (TPSA) is 112 Å². The SMILES string of the molecule is COC(=O)c1[nH]c(C)c(/C(O)=C2\C(=O)C(=O)N(CCN3CCOCC3)[C@@H]2c2ccc(C)cc2)c1C. The molecule has 0 saturated carbocycles. The van der Waals surface area contributed by atoms with Crippen LogP contribution in [0.15, 0.2) is 29.8 Å². The monoisotopic (exact) mass is 481 g/mol. The highest BCUT2D eigenvalue weighted by Crippen LogP contribution is 2.40. The number of hydrogen-bond donors (Lipinski definition) is 2. The van der Waals surface area contributed by atoms with E-state index in [9.17, 15) is 19.5 Å². The van der Waals surface area contributed by atoms with E-state index in [1.807, 2.05) is 31.2 Å². The molecule has 0 spiro atoms. The number of benzene rings is 1. The third-order valence-corrected chi connectivity index (χ3v) is 6.76. The van der Waals surface area contributed by atoms with E-state index in [0.717, 1.165) is 24.2 Å². The second-order valence-corrected chi connectivity index (χ2v) is 8.97. The van der Waals surface area contributed by atoms with Crippen LogP contribution < -0.4 is 0 Å². The van der Waals surface area contributed by atoms with Gasteiger partial charge >= 0.3 is 5.97 Å². The van der Waals surface area contributed by atoms with Crippen molar-refractivity contribution in [1.29, 1.82) is 0 Å². The molecule has 2 aliphatic heterocycles. The van der Waals surface area contributed by atoms with Crippen molar-refractivity contribution in [3.8, 4) is 0 Å². The van der Waals surface area contributed by atoms with Gasteiger partial charge in [0.2, 0.25) is 0 Å². The van der Waals surface area contributed by atoms with Crippen molar-refractivity contribution in [2.75, 3.05) is 46.5 Å². The Bertz CT molecular complexity index is 1170. The van der Waals surface area contributed by atoms with Crippen molar-refractivity contribution in [2.24, 2.45) is 0 Å². The van der Waals surface area contributed by atoms with E-state index in [1.54, 1.807) is 13.8 Å². The van der Waals surface area contributed by atoms with E-state index in [1.165, 1.54) is 12.0 Å². The maximum absolute atomic E-state index is 13.3. The second kappa shape index (κ2) is 10.1. The number of aromatic nitrogens is 1. The third kappa shape index (κ3) is 4.61. The molecule has 9 nitrogen and oxygen atoms in total. The number of H-pyrrole nitrogens is 1. The van der Waals surface area contributed by atoms with E-state index in [2.05, 4.69) is 9.88 Å². The molecule has 0 aliphatic carbocycles. The number of nitrogens with zero attached hydrogens (tertiary/aromatic N) is 2. The highest BCUT2D eigenvalue weighted by atomic mass is 16.5. The Balaban J connectivity index is 1.79. The van der Waals surface area contributed by atoms with E-state index in [-0.39, 0.29) is 17.0 Å². The quantitative estimate of drug-likeness (QED) is 0.282. The van der Waals surface area contributed by atoms with Gasteiger partial charge in [-0.3, -0.25) is 14.5 Å². The zero-order valence-corrected chi connectivity index (χ0v) is 20.5. The fourth-order valence-corrected chi connectivity index (χ4v) is 4.83. The number of aryl methyl sites for hydroxylation is 2. The number of amides is 1. The Hall–Kier alpha value is -3.43. The lowest BCUT2D eigenvalue weighted by Gasteiger charge is -2.31. The molecular weight excluding hydrogens is 450 g/mol. The summed E-state index contributed by atoms with van der Waals surface area (Å²) in [6, 6.07) is 6.83. The van der Waals surface area contributed by atoms with Gasteiger partial charge in [-0.05, 0) is 31.9 Å². The molecule has 2 N–H and O–H groups in total. The summed E-state index contributed by atoms with van der Waals surface area (Å²) in [6.45, 7) is 9.04. The van der Waals surface area contributed by atoms with E-state index >= 15 is 0 Å². The number of carbonyl (C=O) groups is 3. The van der Waals surface area contributed by atoms with E-state index in [4.69, 9.17) is 9.47 Å². The van der Waals surface area contributed by atoms with Crippen molar-refractivity contribution in [3.63, 3.8) is 0 Å². The number of methoxy groups -OCH3 is 1. The first kappa shape index (κ1) is 24.7. The van der Waals surface area contributed by atoms with Crippen molar-refractivity contribution in [1.82, 2.24) is 14.8 Å². The summed E-state index contributed by atoms with van der Waals surface area (Å²) in [5.74, 6) is -2.27. The Morgan fingerprint density at radius 2 is 1.77 bits per heavy atom. The van der Waals surface area contributed by atoms with Crippen LogP contribution in [0.1, 0.15) is 44.5 Å². The van der Waals surface area contributed by atoms with Crippen molar-refractivity contribution >= 4 is 23.4 Å². The van der Waals surface area contributed by atoms with Crippen LogP contribution in [0.2, 0.25) is 0 Å². The number of esters is 1. The van der Waals surface area contributed by atoms with Crippen LogP contribution >= 0.6 is 0 Å². The Morgan fingerprint density at radius 1 is 1.11 bits per heavy atom. The Kier molecular flexibility index (Phi) is 7.09. The van der Waals surface area contributed by atoms with Gasteiger partial charge in [-0.1, -0.05) is 29.8 Å². The summed E-state index contributed by atoms with van der Waals surface area (Å²) in [5.41, 5.74) is 3.27. The molecule has 0 unspecified atom stereocenters. The zero-order chi connectivity index (χ0) is 25.3. The molecule has 9 heteroatoms. The highest BCUT2D eigenvalue weighted by molar-refractivity contribution is 6.46. The summed E-state index contributed by atoms with van der Waals surface area (Å²) in [4.78, 5) is 45.4. The molecule has 0 bridgehead atoms. The average Bonchev–Trinajstić information content (AvgIpc) is 3.30. The molecule has 1 aromatic carbocycles. The van der Waals surface area contributed by atoms with Gasteiger partial charge in [0.25, 0.3) is 11.7 Å². The molecule has 2 aliphatic rings. The van der Waals surface area contributed by atoms with Gasteiger partial charge in [0, 0.05) is 37.4 Å². The number of carbonyl (C=O) groups excluding carboxylic acids is 3. The van der Waals surface area contributed by atoms with Gasteiger partial charge in [0.15, 0.2) is 0 Å². The molecule has 1 atom stereocenters. The fraction of sp³-hybridized carbons (Fsp3) is 0.423. The maximum atomic E-state index is 13.3. The second-order valence-electron chi connectivity index (χ2n) is 8.97. The molecular formula is C26H31N3O6. The molecule has 186 valence electrons. The van der Waals surface area contributed by atoms with Crippen LogP contribution in [-0.4, -0.2) is 84.1 Å². The summed E-state index contributed by atoms with van der Waals surface area (Å²) >= 11 is 0. The molecule has 1 amide bonds. The van der Waals surface area contributed by atoms with Gasteiger partial charge in [-0.2, -0.15) is 0 Å². The molecule has 0 radical (unpaired) electrons. The standard InChI is InChI=1S/C26H31N3O6/c1-15-5-7-18(8-6-15)22-20(23(30)19-16(2)21(26(33)34-4)27-17(19)3)24(31)25(32)29(22)10-9-28-11-13-35-14-12-28/h5-8,22,27,30H,9-14H2,1-4H3/b23-20+/t22-/m1/s1. The number of rotatable bonds is 6. The molecule has 2 fully saturated rings. The summed E-state index contributed by atoms with van der Waals surface area (Å²) in [6.07, 6.45) is 0. The number of nitrogens with one attached hydrogen (secondary N) is 1. The first-order valence-electron chi connectivity index (χ1n) is 11.7. The lowest BCUT2D eigenvalue weighted by Crippen LogP contribution is -2.42. The van der Waals surface area contributed by atoms with E-state index in [0.29, 0.717) is 43.1 Å². The summed E-state index contributed by atoms with van der Waals surface area (Å²) in [7, 11) is 1.27. The van der Waals surface area contributed by atoms with Crippen molar-refractivity contribution < 1.29 is 29.0 Å². The number of aliphatic hydroxyl groups excluding tert-OH is 1. The number of likely N-dealkylation sites (tertiary alicyclic amines) is 1. The first-order chi connectivity index (χ1) is 16.7. The van der Waals surface area contributed by atoms with Gasteiger partial charge in [-0.25, -0.2) is 4.79 Å². The van der Waals surface area contributed by atoms with Gasteiger partial charge in [0.1, 0.15) is 11.5 Å². The average molecular weight is 482 g/mol. The predicted octanol–water partition coefficient (Wildman–Crippen LogP) is 2.48. The third-order valence-electron chi connectivity index (χ3n) is 6.76. The largest absolute Gasteiger partial charge is 0.507 e. The Morgan fingerprint density at radius 3 is 2.40 bits per heavy atom. The van der Waals surface area contributed by atoms with Crippen LogP contribution in [0.5, 0.6) is 0 Å². The minimum Gasteiger partial charge on any atom is -0.507 e. The number of morpholine rings is 1. The minimum absolute atomic E-state index is 0.0162. The lowest BCUT2D eigenvalue weighted by atomic mass is 9.93. The van der Waals surface area contributed by atoms with Gasteiger partial charge in [-0.15, -0.1) is 0 Å². The molecule has 2 aromatic rings. The summed E-state index contributed by atoms with van der Waals surface area (Å²) in [5, 5.41) is 11.4. The Labute approximate surface area is 204 Å². The summed E-state index contributed by atoms with van der Waals surface area (Å²) < 4.78 is 10.2. The lowest BCUT2D eigenvalue weighted by molar-refractivity contribution is -0.140. The molecule has 1 aromatic heterocycles. The maximum Gasteiger partial charge on any atom is 0.354 e. The van der Waals surface area contributed by atoms with Crippen LogP contribution in [0.25, 0.3) is 5.76 Å². The highest BCUT2D eigenvalue weighted by Gasteiger charge is 2.46. The number of ketones is 1. The number of aromatic amines is 1. The van der Waals surface area contributed by atoms with Crippen molar-refractivity contribution in [2.45, 2.75) is 26.8 Å². The van der Waals surface area contributed by atoms with Crippen molar-refractivity contribution in [3.05, 3.63) is 63.5 Å². The number of Topliss-reactive ketones (excluding diaryl/α,β-unsaturated/α-hetero) is 1. The minimum atomic E-state index is -0.744. The van der Waals surface area contributed by atoms with Crippen LogP contribution in [0.4, 0.5) is 0 Å². The van der Waals surface area contributed by atoms with Gasteiger partial charge < -0.3 is 24.5 Å². The number of aliphatic hydroxyl groups is 1. The molecule has 3 heterocycles. The van der Waals surface area contributed by atoms with Crippen LogP contribution in [0, 0.1) is 20.8 Å². The normalized spacial score (nSPS) is 20.5. The smallest absolute Gasteiger partial charge is 0.354 e. The van der Waals surface area contributed by atoms with Crippen LogP contribution in [0.3, 0.4) is 0 Å². The van der Waals surface area contributed by atoms with Crippen LogP contribution in [-0.2, 0) is 19.1 Å². The molecule has 4 rings (SSSR count). The fourth-order valence-electron chi connectivity index (χ4n) is 4.83. The number of ether oxygens (including phenoxy) is 2. The van der Waals surface area contributed by atoms with E-state index < -0.39 is 23.7 Å². The predicted molar refractivity (Wildman–Crippen MR) is 129 cm³/mol. The van der Waals surface area contributed by atoms with Gasteiger partial charge in [0.05, 0.1) is 31.9 Å². The first-order valence-corrected chi connectivity index (χ1v) is 11.7. The molecule has 35 heavy (non-hydrogen) atoms. The number of hydrogen-bond acceptors (Lipinski definition) is 7. The molecule has 2 saturated heterocycles.